The number of aryl methyl sites for hydroxylation is 1. The standard InChI is InChI=1S/C16H22N4O3/c1-10-11(2)17-14-8-12(18-20(14)16(10)22)13-6-4-5-7-19(13)15(21)9-23-3/h8,13,18H,4-7,9H2,1-3H3/t13-/m0/s1. The van der Waals surface area contributed by atoms with E-state index in [1.165, 1.54) is 11.6 Å². The number of aromatic amines is 1. The van der Waals surface area contributed by atoms with E-state index in [0.29, 0.717) is 17.8 Å². The number of nitrogens with zero attached hydrogens (tertiary/aromatic N) is 3. The fourth-order valence-corrected chi connectivity index (χ4v) is 3.17. The minimum Gasteiger partial charge on any atom is -0.375 e. The summed E-state index contributed by atoms with van der Waals surface area (Å²) in [7, 11) is 1.52. The first kappa shape index (κ1) is 15.7. The highest BCUT2D eigenvalue weighted by Crippen LogP contribution is 2.30. The molecule has 3 heterocycles. The maximum Gasteiger partial charge on any atom is 0.275 e. The molecule has 1 atom stereocenters. The second kappa shape index (κ2) is 6.16. The summed E-state index contributed by atoms with van der Waals surface area (Å²) in [6.07, 6.45) is 2.91. The van der Waals surface area contributed by atoms with Crippen LogP contribution in [0.15, 0.2) is 10.9 Å². The van der Waals surface area contributed by atoms with E-state index in [2.05, 4.69) is 10.1 Å². The maximum absolute atomic E-state index is 12.4. The van der Waals surface area contributed by atoms with Gasteiger partial charge in [0.15, 0.2) is 5.65 Å². The third-order valence-electron chi connectivity index (χ3n) is 4.55. The van der Waals surface area contributed by atoms with Gasteiger partial charge in [0.25, 0.3) is 5.56 Å². The largest absolute Gasteiger partial charge is 0.375 e. The maximum atomic E-state index is 12.4. The van der Waals surface area contributed by atoms with Crippen molar-refractivity contribution < 1.29 is 9.53 Å². The number of rotatable bonds is 3. The highest BCUT2D eigenvalue weighted by Gasteiger charge is 2.29. The Morgan fingerprint density at radius 2 is 2.22 bits per heavy atom. The van der Waals surface area contributed by atoms with Gasteiger partial charge in [0.2, 0.25) is 5.91 Å². The van der Waals surface area contributed by atoms with E-state index < -0.39 is 0 Å². The molecular formula is C16H22N4O3. The van der Waals surface area contributed by atoms with Crippen LogP contribution in [0.1, 0.15) is 42.3 Å². The number of methoxy groups -OCH3 is 1. The number of carbonyl (C=O) groups is 1. The summed E-state index contributed by atoms with van der Waals surface area (Å²) in [5, 5.41) is 3.14. The topological polar surface area (TPSA) is 79.7 Å². The van der Waals surface area contributed by atoms with Crippen molar-refractivity contribution in [2.24, 2.45) is 0 Å². The minimum absolute atomic E-state index is 0.0245. The molecule has 0 unspecified atom stereocenters. The number of aromatic nitrogens is 3. The van der Waals surface area contributed by atoms with Gasteiger partial charge in [-0.05, 0) is 33.1 Å². The van der Waals surface area contributed by atoms with Gasteiger partial charge in [-0.3, -0.25) is 14.7 Å². The number of H-pyrrole nitrogens is 1. The van der Waals surface area contributed by atoms with Crippen molar-refractivity contribution >= 4 is 11.6 Å². The summed E-state index contributed by atoms with van der Waals surface area (Å²) < 4.78 is 6.45. The number of fused-ring (bicyclic) bond motifs is 1. The fraction of sp³-hybridized carbons (Fsp3) is 0.562. The number of amides is 1. The SMILES string of the molecule is COCC(=O)N1CCCC[C@H]1c1cc2nc(C)c(C)c(=O)n2[nH]1. The predicted octanol–water partition coefficient (Wildman–Crippen LogP) is 1.34. The van der Waals surface area contributed by atoms with Crippen molar-refractivity contribution in [3.05, 3.63) is 33.4 Å². The van der Waals surface area contributed by atoms with Gasteiger partial charge < -0.3 is 9.64 Å². The summed E-state index contributed by atoms with van der Waals surface area (Å²) in [6, 6.07) is 1.81. The van der Waals surface area contributed by atoms with Gasteiger partial charge >= 0.3 is 0 Å². The average Bonchev–Trinajstić information content (AvgIpc) is 2.97. The zero-order valence-electron chi connectivity index (χ0n) is 13.8. The van der Waals surface area contributed by atoms with E-state index in [0.717, 1.165) is 30.7 Å². The molecule has 1 aliphatic heterocycles. The quantitative estimate of drug-likeness (QED) is 0.926. The van der Waals surface area contributed by atoms with E-state index in [-0.39, 0.29) is 24.1 Å². The van der Waals surface area contributed by atoms with Crippen LogP contribution in [-0.2, 0) is 9.53 Å². The van der Waals surface area contributed by atoms with Gasteiger partial charge in [0.1, 0.15) is 6.61 Å². The summed E-state index contributed by atoms with van der Waals surface area (Å²) in [5.74, 6) is -0.0245. The highest BCUT2D eigenvalue weighted by molar-refractivity contribution is 5.78. The normalized spacial score (nSPS) is 18.6. The first-order valence-corrected chi connectivity index (χ1v) is 7.90. The molecular weight excluding hydrogens is 296 g/mol. The number of likely N-dealkylation sites (tertiary alicyclic amines) is 1. The number of nitrogens with one attached hydrogen (secondary N) is 1. The Kier molecular flexibility index (Phi) is 4.21. The Hall–Kier alpha value is -2.15. The van der Waals surface area contributed by atoms with E-state index >= 15 is 0 Å². The van der Waals surface area contributed by atoms with Crippen molar-refractivity contribution in [3.8, 4) is 0 Å². The van der Waals surface area contributed by atoms with Crippen molar-refractivity contribution in [1.29, 1.82) is 0 Å². The first-order chi connectivity index (χ1) is 11.0. The first-order valence-electron chi connectivity index (χ1n) is 7.90. The third-order valence-corrected chi connectivity index (χ3v) is 4.55. The van der Waals surface area contributed by atoms with E-state index in [1.54, 1.807) is 6.92 Å². The van der Waals surface area contributed by atoms with Crippen LogP contribution < -0.4 is 5.56 Å². The third kappa shape index (κ3) is 2.76. The highest BCUT2D eigenvalue weighted by atomic mass is 16.5. The smallest absolute Gasteiger partial charge is 0.275 e. The molecule has 1 fully saturated rings. The Balaban J connectivity index is 2.02. The Labute approximate surface area is 134 Å². The second-order valence-electron chi connectivity index (χ2n) is 6.06. The molecule has 124 valence electrons. The van der Waals surface area contributed by atoms with Crippen molar-refractivity contribution in [2.45, 2.75) is 39.2 Å². The lowest BCUT2D eigenvalue weighted by atomic mass is 9.99. The van der Waals surface area contributed by atoms with Crippen LogP contribution in [0.25, 0.3) is 5.65 Å². The lowest BCUT2D eigenvalue weighted by Gasteiger charge is -2.35. The van der Waals surface area contributed by atoms with E-state index in [1.807, 2.05) is 17.9 Å². The zero-order valence-corrected chi connectivity index (χ0v) is 13.8. The number of carbonyl (C=O) groups excluding carboxylic acids is 1. The van der Waals surface area contributed by atoms with Gasteiger partial charge in [0, 0.05) is 31.0 Å². The molecule has 0 saturated carbocycles. The molecule has 7 heteroatoms. The van der Waals surface area contributed by atoms with Gasteiger partial charge in [-0.1, -0.05) is 0 Å². The summed E-state index contributed by atoms with van der Waals surface area (Å²) in [5.41, 5.74) is 2.72. The van der Waals surface area contributed by atoms with Crippen LogP contribution in [0.4, 0.5) is 0 Å². The molecule has 0 aromatic carbocycles. The summed E-state index contributed by atoms with van der Waals surface area (Å²) in [6.45, 7) is 4.39. The molecule has 2 aromatic rings. The zero-order chi connectivity index (χ0) is 16.6. The van der Waals surface area contributed by atoms with Crippen LogP contribution >= 0.6 is 0 Å². The van der Waals surface area contributed by atoms with Crippen LogP contribution in [0.2, 0.25) is 0 Å². The molecule has 1 N–H and O–H groups in total. The van der Waals surface area contributed by atoms with Crippen LogP contribution in [-0.4, -0.2) is 45.7 Å². The van der Waals surface area contributed by atoms with Crippen molar-refractivity contribution in [1.82, 2.24) is 19.5 Å². The molecule has 1 amide bonds. The predicted molar refractivity (Wildman–Crippen MR) is 85.5 cm³/mol. The van der Waals surface area contributed by atoms with Crippen LogP contribution in [0, 0.1) is 13.8 Å². The Bertz CT molecular complexity index is 792. The molecule has 3 rings (SSSR count). The molecule has 0 radical (unpaired) electrons. The molecule has 1 saturated heterocycles. The molecule has 0 spiro atoms. The average molecular weight is 318 g/mol. The molecule has 23 heavy (non-hydrogen) atoms. The molecule has 0 bridgehead atoms. The number of hydrogen-bond acceptors (Lipinski definition) is 4. The van der Waals surface area contributed by atoms with Crippen molar-refractivity contribution in [2.75, 3.05) is 20.3 Å². The Morgan fingerprint density at radius 3 is 2.96 bits per heavy atom. The van der Waals surface area contributed by atoms with Crippen LogP contribution in [0.3, 0.4) is 0 Å². The van der Waals surface area contributed by atoms with Gasteiger partial charge in [0.05, 0.1) is 11.7 Å². The second-order valence-corrected chi connectivity index (χ2v) is 6.06. The monoisotopic (exact) mass is 318 g/mol. The van der Waals surface area contributed by atoms with Crippen LogP contribution in [0.5, 0.6) is 0 Å². The summed E-state index contributed by atoms with van der Waals surface area (Å²) in [4.78, 5) is 30.9. The van der Waals surface area contributed by atoms with Gasteiger partial charge in [-0.25, -0.2) is 9.50 Å². The molecule has 2 aromatic heterocycles. The molecule has 7 nitrogen and oxygen atoms in total. The van der Waals surface area contributed by atoms with E-state index in [4.69, 9.17) is 4.74 Å². The molecule has 0 aliphatic carbocycles. The lowest BCUT2D eigenvalue weighted by Crippen LogP contribution is -2.40. The minimum atomic E-state index is -0.0932. The van der Waals surface area contributed by atoms with Gasteiger partial charge in [-0.2, -0.15) is 0 Å². The number of hydrogen-bond donors (Lipinski definition) is 1. The Morgan fingerprint density at radius 1 is 1.43 bits per heavy atom. The fourth-order valence-electron chi connectivity index (χ4n) is 3.17. The summed E-state index contributed by atoms with van der Waals surface area (Å²) >= 11 is 0. The van der Waals surface area contributed by atoms with E-state index in [9.17, 15) is 9.59 Å². The van der Waals surface area contributed by atoms with Crippen molar-refractivity contribution in [3.63, 3.8) is 0 Å². The van der Waals surface area contributed by atoms with Gasteiger partial charge in [-0.15, -0.1) is 0 Å². The number of ether oxygens (including phenoxy) is 1. The molecule has 1 aliphatic rings. The lowest BCUT2D eigenvalue weighted by molar-refractivity contribution is -0.139. The number of piperidine rings is 1.